The molecule has 0 heterocycles. The molecule has 0 aliphatic carbocycles. The molecular weight excluding hydrogens is 331 g/mol. The molecule has 0 N–H and O–H groups in total. The Morgan fingerprint density at radius 1 is 0.833 bits per heavy atom. The second-order valence-corrected chi connectivity index (χ2v) is 7.80. The van der Waals surface area contributed by atoms with Crippen LogP contribution < -0.4 is 29.6 Å². The third-order valence-corrected chi connectivity index (χ3v) is 5.30. The standard InChI is InChI=1S/C19H32O3S.Na/c1-3-5-7-9-11-17(12-10-8-6-4-2)18-13-15-19(16-14-18)23(20,21)22;/h13-17H,3-12H2,1-2H3,(H,20,21,22);/q;+1/p-1. The maximum Gasteiger partial charge on any atom is 1.00 e. The largest absolute Gasteiger partial charge is 1.00 e. The fourth-order valence-electron chi connectivity index (χ4n) is 3.02. The predicted molar refractivity (Wildman–Crippen MR) is 94.7 cm³/mol. The van der Waals surface area contributed by atoms with Crippen molar-refractivity contribution in [2.24, 2.45) is 0 Å². The van der Waals surface area contributed by atoms with Crippen LogP contribution in [0, 0.1) is 0 Å². The number of hydrogen-bond acceptors (Lipinski definition) is 3. The normalized spacial score (nSPS) is 11.5. The molecule has 0 radical (unpaired) electrons. The second kappa shape index (κ2) is 13.3. The molecule has 0 aliphatic rings. The molecule has 0 aromatic heterocycles. The van der Waals surface area contributed by atoms with Gasteiger partial charge in [0, 0.05) is 0 Å². The van der Waals surface area contributed by atoms with Gasteiger partial charge in [0.05, 0.1) is 4.90 Å². The van der Waals surface area contributed by atoms with Crippen LogP contribution in [-0.2, 0) is 10.1 Å². The summed E-state index contributed by atoms with van der Waals surface area (Å²) in [6.45, 7) is 4.43. The van der Waals surface area contributed by atoms with E-state index < -0.39 is 10.1 Å². The molecule has 3 nitrogen and oxygen atoms in total. The van der Waals surface area contributed by atoms with E-state index in [9.17, 15) is 13.0 Å². The van der Waals surface area contributed by atoms with E-state index in [2.05, 4.69) is 13.8 Å². The molecule has 1 rings (SSSR count). The zero-order valence-corrected chi connectivity index (χ0v) is 18.4. The Balaban J connectivity index is 0.00000529. The summed E-state index contributed by atoms with van der Waals surface area (Å²) in [5.74, 6) is 0.479. The molecular formula is C19H31NaO3S. The molecule has 24 heavy (non-hydrogen) atoms. The fourth-order valence-corrected chi connectivity index (χ4v) is 3.49. The maximum atomic E-state index is 11.0. The summed E-state index contributed by atoms with van der Waals surface area (Å²) in [4.78, 5) is -0.128. The van der Waals surface area contributed by atoms with Gasteiger partial charge in [-0.25, -0.2) is 8.42 Å². The summed E-state index contributed by atoms with van der Waals surface area (Å²) in [5, 5.41) is 0. The van der Waals surface area contributed by atoms with E-state index in [4.69, 9.17) is 0 Å². The van der Waals surface area contributed by atoms with Crippen molar-refractivity contribution in [2.75, 3.05) is 0 Å². The average Bonchev–Trinajstić information content (AvgIpc) is 2.53. The molecule has 1 aromatic rings. The van der Waals surface area contributed by atoms with Crippen molar-refractivity contribution in [1.82, 2.24) is 0 Å². The van der Waals surface area contributed by atoms with E-state index in [1.807, 2.05) is 12.1 Å². The summed E-state index contributed by atoms with van der Waals surface area (Å²) < 4.78 is 33.1. The minimum atomic E-state index is -4.34. The molecule has 0 aliphatic heterocycles. The number of unbranched alkanes of at least 4 members (excludes halogenated alkanes) is 6. The van der Waals surface area contributed by atoms with Gasteiger partial charge in [0.2, 0.25) is 0 Å². The van der Waals surface area contributed by atoms with Gasteiger partial charge in [-0.2, -0.15) is 0 Å². The average molecular weight is 363 g/mol. The Bertz CT molecular complexity index is 514. The van der Waals surface area contributed by atoms with Crippen molar-refractivity contribution in [1.29, 1.82) is 0 Å². The van der Waals surface area contributed by atoms with Gasteiger partial charge in [0.1, 0.15) is 10.1 Å². The Labute approximate surface area is 170 Å². The number of hydrogen-bond donors (Lipinski definition) is 0. The molecule has 0 spiro atoms. The van der Waals surface area contributed by atoms with Gasteiger partial charge < -0.3 is 4.55 Å². The monoisotopic (exact) mass is 362 g/mol. The van der Waals surface area contributed by atoms with Crippen LogP contribution in [0.1, 0.15) is 89.5 Å². The number of rotatable bonds is 12. The van der Waals surface area contributed by atoms with Gasteiger partial charge in [-0.15, -0.1) is 0 Å². The first-order valence-electron chi connectivity index (χ1n) is 9.04. The van der Waals surface area contributed by atoms with E-state index in [-0.39, 0.29) is 34.5 Å². The third-order valence-electron chi connectivity index (χ3n) is 4.45. The van der Waals surface area contributed by atoms with Crippen molar-refractivity contribution < 1.29 is 42.5 Å². The van der Waals surface area contributed by atoms with E-state index in [1.165, 1.54) is 69.1 Å². The molecule has 0 atom stereocenters. The Morgan fingerprint density at radius 2 is 1.29 bits per heavy atom. The smallest absolute Gasteiger partial charge is 0.744 e. The summed E-state index contributed by atoms with van der Waals surface area (Å²) in [7, 11) is -4.34. The molecule has 0 amide bonds. The Kier molecular flexibility index (Phi) is 13.4. The van der Waals surface area contributed by atoms with E-state index >= 15 is 0 Å². The number of benzene rings is 1. The van der Waals surface area contributed by atoms with Gasteiger partial charge in [0.25, 0.3) is 0 Å². The van der Waals surface area contributed by atoms with E-state index in [0.717, 1.165) is 12.8 Å². The van der Waals surface area contributed by atoms with E-state index in [0.29, 0.717) is 5.92 Å². The van der Waals surface area contributed by atoms with Gasteiger partial charge in [-0.05, 0) is 36.5 Å². The summed E-state index contributed by atoms with van der Waals surface area (Å²) in [6.07, 6.45) is 12.3. The van der Waals surface area contributed by atoms with Crippen LogP contribution in [-0.4, -0.2) is 13.0 Å². The molecule has 0 saturated carbocycles. The van der Waals surface area contributed by atoms with Crippen LogP contribution in [0.4, 0.5) is 0 Å². The molecule has 0 unspecified atom stereocenters. The zero-order chi connectivity index (χ0) is 17.1. The minimum Gasteiger partial charge on any atom is -0.744 e. The first-order valence-corrected chi connectivity index (χ1v) is 10.5. The van der Waals surface area contributed by atoms with Crippen LogP contribution in [0.5, 0.6) is 0 Å². The van der Waals surface area contributed by atoms with Crippen LogP contribution in [0.3, 0.4) is 0 Å². The Morgan fingerprint density at radius 3 is 1.67 bits per heavy atom. The Hall–Kier alpha value is 0.130. The van der Waals surface area contributed by atoms with Crippen molar-refractivity contribution >= 4 is 10.1 Å². The molecule has 0 saturated heterocycles. The molecule has 0 fully saturated rings. The molecule has 132 valence electrons. The molecule has 1 aromatic carbocycles. The molecule has 5 heteroatoms. The van der Waals surface area contributed by atoms with Crippen LogP contribution in [0.25, 0.3) is 0 Å². The van der Waals surface area contributed by atoms with Crippen LogP contribution in [0.15, 0.2) is 29.2 Å². The second-order valence-electron chi connectivity index (χ2n) is 6.42. The van der Waals surface area contributed by atoms with Gasteiger partial charge in [-0.3, -0.25) is 0 Å². The van der Waals surface area contributed by atoms with Crippen LogP contribution in [0.2, 0.25) is 0 Å². The van der Waals surface area contributed by atoms with Gasteiger partial charge >= 0.3 is 29.6 Å². The summed E-state index contributed by atoms with van der Waals surface area (Å²) in [6, 6.07) is 6.58. The first kappa shape index (κ1) is 24.1. The van der Waals surface area contributed by atoms with Crippen molar-refractivity contribution in [2.45, 2.75) is 88.9 Å². The topological polar surface area (TPSA) is 57.2 Å². The minimum absolute atomic E-state index is 0. The predicted octanol–water partition coefficient (Wildman–Crippen LogP) is 2.62. The van der Waals surface area contributed by atoms with E-state index in [1.54, 1.807) is 0 Å². The third kappa shape index (κ3) is 9.57. The maximum absolute atomic E-state index is 11.0. The van der Waals surface area contributed by atoms with Crippen molar-refractivity contribution in [3.8, 4) is 0 Å². The SMILES string of the molecule is CCCCCCC(CCCCCC)c1ccc(S(=O)(=O)[O-])cc1.[Na+]. The molecule has 0 bridgehead atoms. The fraction of sp³-hybridized carbons (Fsp3) is 0.684. The summed E-state index contributed by atoms with van der Waals surface area (Å²) in [5.41, 5.74) is 1.17. The zero-order valence-electron chi connectivity index (χ0n) is 15.6. The van der Waals surface area contributed by atoms with Crippen molar-refractivity contribution in [3.05, 3.63) is 29.8 Å². The summed E-state index contributed by atoms with van der Waals surface area (Å²) >= 11 is 0. The van der Waals surface area contributed by atoms with Crippen molar-refractivity contribution in [3.63, 3.8) is 0 Å². The van der Waals surface area contributed by atoms with Gasteiger partial charge in [-0.1, -0.05) is 77.3 Å². The first-order chi connectivity index (χ1) is 11.0. The quantitative estimate of drug-likeness (QED) is 0.326. The van der Waals surface area contributed by atoms with Gasteiger partial charge in [0.15, 0.2) is 0 Å². The van der Waals surface area contributed by atoms with Crippen LogP contribution >= 0.6 is 0 Å².